The average molecular weight is 535 g/mol. The Labute approximate surface area is 232 Å². The molecular formula is C32H42N2O5. The van der Waals surface area contributed by atoms with Crippen molar-refractivity contribution in [1.29, 1.82) is 0 Å². The van der Waals surface area contributed by atoms with Crippen LogP contribution < -0.4 is 9.47 Å². The van der Waals surface area contributed by atoms with Gasteiger partial charge < -0.3 is 24.4 Å². The molecule has 0 saturated carbocycles. The number of aliphatic hydroxyl groups is 1. The molecule has 1 fully saturated rings. The van der Waals surface area contributed by atoms with Crippen LogP contribution in [0.4, 0.5) is 0 Å². The maximum absolute atomic E-state index is 13.5. The molecule has 4 rings (SSSR count). The first-order chi connectivity index (χ1) is 18.9. The fourth-order valence-electron chi connectivity index (χ4n) is 5.50. The molecule has 7 heteroatoms. The minimum absolute atomic E-state index is 0.0637. The number of aliphatic hydroxyl groups excluding tert-OH is 1. The number of hydrogen-bond donors (Lipinski definition) is 1. The Morgan fingerprint density at radius 2 is 1.87 bits per heavy atom. The number of nitrogens with zero attached hydrogens (tertiary/aromatic N) is 2. The van der Waals surface area contributed by atoms with Gasteiger partial charge in [-0.2, -0.15) is 0 Å². The number of amides is 1. The smallest absolute Gasteiger partial charge is 0.295 e. The molecule has 0 bridgehead atoms. The lowest BCUT2D eigenvalue weighted by atomic mass is 9.94. The highest BCUT2D eigenvalue weighted by Gasteiger charge is 2.46. The lowest BCUT2D eigenvalue weighted by Crippen LogP contribution is -2.33. The van der Waals surface area contributed by atoms with Gasteiger partial charge in [-0.3, -0.25) is 9.59 Å². The van der Waals surface area contributed by atoms with Gasteiger partial charge in [-0.25, -0.2) is 0 Å². The van der Waals surface area contributed by atoms with Gasteiger partial charge in [0.2, 0.25) is 0 Å². The highest BCUT2D eigenvalue weighted by Crippen LogP contribution is 2.41. The van der Waals surface area contributed by atoms with Crippen molar-refractivity contribution in [3.05, 3.63) is 64.7 Å². The van der Waals surface area contributed by atoms with E-state index in [2.05, 4.69) is 25.7 Å². The Morgan fingerprint density at radius 3 is 2.62 bits per heavy atom. The van der Waals surface area contributed by atoms with E-state index in [1.54, 1.807) is 11.0 Å². The van der Waals surface area contributed by atoms with Gasteiger partial charge in [0.15, 0.2) is 0 Å². The highest BCUT2D eigenvalue weighted by atomic mass is 16.5. The zero-order valence-corrected chi connectivity index (χ0v) is 23.7. The molecule has 0 aliphatic carbocycles. The second-order valence-electron chi connectivity index (χ2n) is 10.5. The van der Waals surface area contributed by atoms with Crippen LogP contribution in [0.1, 0.15) is 76.1 Å². The standard InChI is InChI=1S/C32H42N2O5/c1-5-8-9-18-38-26-13-10-12-23(21-26)29-28(30(35)24-14-15-27-25(20-24)19-22(4)39-27)31(36)32(37)34(29)17-11-16-33(6-2)7-3/h10,12-15,20-22,29,35H,5-9,11,16-19H2,1-4H3/b30-28+/t22-,29+/m0/s1. The van der Waals surface area contributed by atoms with Crippen LogP contribution in [0.2, 0.25) is 0 Å². The molecule has 2 aliphatic rings. The van der Waals surface area contributed by atoms with E-state index in [0.717, 1.165) is 68.6 Å². The van der Waals surface area contributed by atoms with Crippen molar-refractivity contribution in [2.45, 2.75) is 71.9 Å². The second kappa shape index (κ2) is 13.2. The van der Waals surface area contributed by atoms with Crippen molar-refractivity contribution < 1.29 is 24.2 Å². The molecule has 0 spiro atoms. The van der Waals surface area contributed by atoms with Gasteiger partial charge >= 0.3 is 0 Å². The number of benzene rings is 2. The summed E-state index contributed by atoms with van der Waals surface area (Å²) in [6.07, 6.45) is 4.69. The molecule has 1 amide bonds. The molecule has 0 unspecified atom stereocenters. The van der Waals surface area contributed by atoms with Gasteiger partial charge in [-0.15, -0.1) is 0 Å². The fourth-order valence-corrected chi connectivity index (χ4v) is 5.50. The Kier molecular flexibility index (Phi) is 9.68. The van der Waals surface area contributed by atoms with Crippen LogP contribution in [0.25, 0.3) is 5.76 Å². The summed E-state index contributed by atoms with van der Waals surface area (Å²) in [5.74, 6) is 0.107. The molecule has 2 aromatic rings. The van der Waals surface area contributed by atoms with Crippen LogP contribution in [-0.4, -0.2) is 65.5 Å². The first kappa shape index (κ1) is 28.7. The third-order valence-electron chi connectivity index (χ3n) is 7.67. The highest BCUT2D eigenvalue weighted by molar-refractivity contribution is 6.46. The lowest BCUT2D eigenvalue weighted by Gasteiger charge is -2.27. The monoisotopic (exact) mass is 534 g/mol. The van der Waals surface area contributed by atoms with Gasteiger partial charge in [0.25, 0.3) is 11.7 Å². The first-order valence-corrected chi connectivity index (χ1v) is 14.4. The van der Waals surface area contributed by atoms with E-state index in [9.17, 15) is 14.7 Å². The number of fused-ring (bicyclic) bond motifs is 1. The van der Waals surface area contributed by atoms with Crippen molar-refractivity contribution in [1.82, 2.24) is 9.80 Å². The summed E-state index contributed by atoms with van der Waals surface area (Å²) in [5.41, 5.74) is 2.38. The predicted molar refractivity (Wildman–Crippen MR) is 153 cm³/mol. The summed E-state index contributed by atoms with van der Waals surface area (Å²) in [6, 6.07) is 12.3. The lowest BCUT2D eigenvalue weighted by molar-refractivity contribution is -0.140. The van der Waals surface area contributed by atoms with Gasteiger partial charge in [0, 0.05) is 18.5 Å². The van der Waals surface area contributed by atoms with Crippen molar-refractivity contribution in [2.75, 3.05) is 32.8 Å². The molecule has 39 heavy (non-hydrogen) atoms. The molecular weight excluding hydrogens is 492 g/mol. The van der Waals surface area contributed by atoms with Gasteiger partial charge in [-0.05, 0) is 80.9 Å². The zero-order valence-electron chi connectivity index (χ0n) is 23.7. The number of carbonyl (C=O) groups is 2. The van der Waals surface area contributed by atoms with E-state index in [0.29, 0.717) is 24.5 Å². The van der Waals surface area contributed by atoms with Gasteiger partial charge in [0.1, 0.15) is 23.4 Å². The molecule has 2 aliphatic heterocycles. The summed E-state index contributed by atoms with van der Waals surface area (Å²) in [6.45, 7) is 12.1. The van der Waals surface area contributed by atoms with Crippen LogP contribution in [-0.2, 0) is 16.0 Å². The molecule has 7 nitrogen and oxygen atoms in total. The van der Waals surface area contributed by atoms with Gasteiger partial charge in [-0.1, -0.05) is 45.7 Å². The van der Waals surface area contributed by atoms with E-state index in [4.69, 9.17) is 9.47 Å². The van der Waals surface area contributed by atoms with Crippen LogP contribution in [0.15, 0.2) is 48.0 Å². The summed E-state index contributed by atoms with van der Waals surface area (Å²) in [7, 11) is 0. The summed E-state index contributed by atoms with van der Waals surface area (Å²) in [5, 5.41) is 11.5. The number of Topliss-reactive ketones (excluding diaryl/α,β-unsaturated/α-hetero) is 1. The van der Waals surface area contributed by atoms with Crippen LogP contribution in [0.5, 0.6) is 11.5 Å². The molecule has 1 saturated heterocycles. The minimum Gasteiger partial charge on any atom is -0.507 e. The maximum Gasteiger partial charge on any atom is 0.295 e. The molecule has 0 radical (unpaired) electrons. The molecule has 1 N–H and O–H groups in total. The number of unbranched alkanes of at least 4 members (excludes halogenated alkanes) is 2. The second-order valence-corrected chi connectivity index (χ2v) is 10.5. The number of likely N-dealkylation sites (tertiary alicyclic amines) is 1. The molecule has 0 aromatic heterocycles. The Hall–Kier alpha value is -3.32. The van der Waals surface area contributed by atoms with Crippen molar-refractivity contribution in [2.24, 2.45) is 0 Å². The van der Waals surface area contributed by atoms with E-state index >= 15 is 0 Å². The van der Waals surface area contributed by atoms with E-state index < -0.39 is 17.7 Å². The summed E-state index contributed by atoms with van der Waals surface area (Å²) in [4.78, 5) is 30.8. The topological polar surface area (TPSA) is 79.3 Å². The average Bonchev–Trinajstić information content (AvgIpc) is 3.44. The third-order valence-corrected chi connectivity index (χ3v) is 7.67. The SMILES string of the molecule is CCCCCOc1cccc([C@@H]2/C(=C(\O)c3ccc4c(c3)C[C@H](C)O4)C(=O)C(=O)N2CCCN(CC)CC)c1. The Balaban J connectivity index is 1.70. The largest absolute Gasteiger partial charge is 0.507 e. The Morgan fingerprint density at radius 1 is 1.08 bits per heavy atom. The number of rotatable bonds is 13. The number of ether oxygens (including phenoxy) is 2. The molecule has 210 valence electrons. The van der Waals surface area contributed by atoms with Crippen molar-refractivity contribution >= 4 is 17.4 Å². The third kappa shape index (κ3) is 6.47. The predicted octanol–water partition coefficient (Wildman–Crippen LogP) is 5.73. The molecule has 2 heterocycles. The normalized spacial score (nSPS) is 20.0. The van der Waals surface area contributed by atoms with Crippen LogP contribution >= 0.6 is 0 Å². The van der Waals surface area contributed by atoms with Gasteiger partial charge in [0.05, 0.1) is 18.2 Å². The maximum atomic E-state index is 13.5. The zero-order chi connectivity index (χ0) is 27.9. The van der Waals surface area contributed by atoms with Crippen molar-refractivity contribution in [3.63, 3.8) is 0 Å². The quantitative estimate of drug-likeness (QED) is 0.153. The van der Waals surface area contributed by atoms with E-state index in [-0.39, 0.29) is 17.4 Å². The fraction of sp³-hybridized carbons (Fsp3) is 0.500. The molecule has 2 atom stereocenters. The number of carbonyl (C=O) groups excluding carboxylic acids is 2. The minimum atomic E-state index is -0.690. The van der Waals surface area contributed by atoms with E-state index in [1.165, 1.54) is 0 Å². The first-order valence-electron chi connectivity index (χ1n) is 14.4. The Bertz CT molecular complexity index is 1200. The van der Waals surface area contributed by atoms with Crippen LogP contribution in [0, 0.1) is 0 Å². The van der Waals surface area contributed by atoms with Crippen LogP contribution in [0.3, 0.4) is 0 Å². The molecule has 2 aromatic carbocycles. The van der Waals surface area contributed by atoms with Crippen molar-refractivity contribution in [3.8, 4) is 11.5 Å². The van der Waals surface area contributed by atoms with E-state index in [1.807, 2.05) is 43.3 Å². The summed E-state index contributed by atoms with van der Waals surface area (Å²) >= 11 is 0. The summed E-state index contributed by atoms with van der Waals surface area (Å²) < 4.78 is 11.8. The number of hydrogen-bond acceptors (Lipinski definition) is 6. The number of ketones is 1.